The number of nitrogens with zero attached hydrogens (tertiary/aromatic N) is 4. The Hall–Kier alpha value is -3.05. The van der Waals surface area contributed by atoms with Gasteiger partial charge >= 0.3 is 6.18 Å². The molecule has 0 radical (unpaired) electrons. The Bertz CT molecular complexity index is 1260. The maximum absolute atomic E-state index is 14.1. The number of hydrogen-bond donors (Lipinski definition) is 1. The molecule has 12 heteroatoms. The average Bonchev–Trinajstić information content (AvgIpc) is 2.88. The zero-order valence-corrected chi connectivity index (χ0v) is 24.4. The molecule has 1 aromatic heterocycles. The van der Waals surface area contributed by atoms with E-state index in [1.165, 1.54) is 17.0 Å². The van der Waals surface area contributed by atoms with Crippen LogP contribution >= 0.6 is 11.6 Å². The summed E-state index contributed by atoms with van der Waals surface area (Å²) in [4.78, 5) is 34.3. The Morgan fingerprint density at radius 2 is 1.78 bits per heavy atom. The van der Waals surface area contributed by atoms with Crippen LogP contribution in [0.3, 0.4) is 0 Å². The molecule has 4 rings (SSSR count). The Morgan fingerprint density at radius 3 is 2.34 bits per heavy atom. The van der Waals surface area contributed by atoms with Crippen LogP contribution in [-0.4, -0.2) is 84.3 Å². The molecule has 0 spiro atoms. The minimum atomic E-state index is -5.20. The molecule has 0 saturated carbocycles. The van der Waals surface area contributed by atoms with Crippen LogP contribution in [0.1, 0.15) is 49.0 Å². The first-order chi connectivity index (χ1) is 19.2. The van der Waals surface area contributed by atoms with Crippen molar-refractivity contribution in [3.8, 4) is 5.75 Å². The number of amides is 2. The number of halogens is 4. The summed E-state index contributed by atoms with van der Waals surface area (Å²) in [6.45, 7) is 5.25. The van der Waals surface area contributed by atoms with Crippen molar-refractivity contribution in [3.05, 3.63) is 52.7 Å². The smallest absolute Gasteiger partial charge is 0.430 e. The molecular formula is C29H36ClF3N4O4. The predicted molar refractivity (Wildman–Crippen MR) is 149 cm³/mol. The van der Waals surface area contributed by atoms with E-state index in [9.17, 15) is 27.9 Å². The quantitative estimate of drug-likeness (QED) is 0.443. The number of piperidine rings is 1. The fourth-order valence-corrected chi connectivity index (χ4v) is 5.69. The van der Waals surface area contributed by atoms with E-state index in [0.29, 0.717) is 17.3 Å². The fourth-order valence-electron chi connectivity index (χ4n) is 5.46. The molecule has 1 aromatic carbocycles. The third-order valence-corrected chi connectivity index (χ3v) is 7.95. The van der Waals surface area contributed by atoms with Crippen LogP contribution < -0.4 is 9.64 Å². The third kappa shape index (κ3) is 6.56. The van der Waals surface area contributed by atoms with Gasteiger partial charge < -0.3 is 24.5 Å². The number of benzene rings is 1. The standard InChI is InChI=1S/C29H36ClF3N4O4/c1-18(2)41-22-7-5-6-21(15-22)28(40,29(31,32)33)27(39)37-16-20(17-37)14-19-10-12-36(13-11-19)24-9-8-23(25(30)34-24)26(38)35(3)4/h5-9,15,18-20,40H,10-14,16-17H2,1-4H3/t28-/m0/s1. The van der Waals surface area contributed by atoms with E-state index in [0.717, 1.165) is 49.4 Å². The van der Waals surface area contributed by atoms with Crippen LogP contribution in [0.25, 0.3) is 0 Å². The molecule has 2 aliphatic heterocycles. The summed E-state index contributed by atoms with van der Waals surface area (Å²) >= 11 is 6.27. The number of likely N-dealkylation sites (tertiary alicyclic amines) is 1. The molecule has 0 bridgehead atoms. The number of aromatic nitrogens is 1. The maximum Gasteiger partial charge on any atom is 0.430 e. The van der Waals surface area contributed by atoms with Gasteiger partial charge in [-0.1, -0.05) is 23.7 Å². The normalized spacial score (nSPS) is 18.2. The highest BCUT2D eigenvalue weighted by Crippen LogP contribution is 2.43. The minimum absolute atomic E-state index is 0.0625. The number of alkyl halides is 3. The van der Waals surface area contributed by atoms with Gasteiger partial charge in [0.15, 0.2) is 0 Å². The Labute approximate surface area is 243 Å². The van der Waals surface area contributed by atoms with Crippen LogP contribution in [-0.2, 0) is 10.4 Å². The monoisotopic (exact) mass is 596 g/mol. The van der Waals surface area contributed by atoms with Crippen LogP contribution in [0.15, 0.2) is 36.4 Å². The van der Waals surface area contributed by atoms with Gasteiger partial charge in [-0.05, 0) is 69.2 Å². The van der Waals surface area contributed by atoms with Crippen LogP contribution in [0.2, 0.25) is 5.15 Å². The lowest BCUT2D eigenvalue weighted by atomic mass is 9.82. The topological polar surface area (TPSA) is 86.2 Å². The van der Waals surface area contributed by atoms with Gasteiger partial charge in [0, 0.05) is 45.8 Å². The summed E-state index contributed by atoms with van der Waals surface area (Å²) in [5.41, 5.74) is -3.87. The summed E-state index contributed by atoms with van der Waals surface area (Å²) in [6, 6.07) is 8.45. The zero-order chi connectivity index (χ0) is 30.1. The second-order valence-corrected chi connectivity index (χ2v) is 11.7. The number of rotatable bonds is 8. The molecule has 1 atom stereocenters. The Kier molecular flexibility index (Phi) is 9.08. The second-order valence-electron chi connectivity index (χ2n) is 11.4. The molecule has 0 aliphatic carbocycles. The minimum Gasteiger partial charge on any atom is -0.491 e. The number of carbonyl (C=O) groups excluding carboxylic acids is 2. The summed E-state index contributed by atoms with van der Waals surface area (Å²) in [5.74, 6) is -0.327. The van der Waals surface area contributed by atoms with Crippen molar-refractivity contribution in [2.75, 3.05) is 45.2 Å². The van der Waals surface area contributed by atoms with Gasteiger partial charge in [-0.25, -0.2) is 4.98 Å². The van der Waals surface area contributed by atoms with Crippen molar-refractivity contribution in [2.24, 2.45) is 11.8 Å². The van der Waals surface area contributed by atoms with Crippen LogP contribution in [0.4, 0.5) is 19.0 Å². The van der Waals surface area contributed by atoms with Gasteiger partial charge in [0.2, 0.25) is 0 Å². The Morgan fingerprint density at radius 1 is 1.12 bits per heavy atom. The highest BCUT2D eigenvalue weighted by Gasteiger charge is 2.63. The van der Waals surface area contributed by atoms with Crippen molar-refractivity contribution in [2.45, 2.75) is 51.0 Å². The maximum atomic E-state index is 14.1. The number of ether oxygens (including phenoxy) is 1. The van der Waals surface area contributed by atoms with E-state index >= 15 is 0 Å². The number of carbonyl (C=O) groups is 2. The van der Waals surface area contributed by atoms with Gasteiger partial charge in [-0.3, -0.25) is 9.59 Å². The van der Waals surface area contributed by atoms with E-state index in [4.69, 9.17) is 16.3 Å². The van der Waals surface area contributed by atoms with Crippen LogP contribution in [0, 0.1) is 11.8 Å². The number of pyridine rings is 1. The first-order valence-corrected chi connectivity index (χ1v) is 14.1. The van der Waals surface area contributed by atoms with E-state index in [2.05, 4.69) is 9.88 Å². The van der Waals surface area contributed by atoms with E-state index < -0.39 is 23.2 Å². The molecule has 8 nitrogen and oxygen atoms in total. The molecule has 224 valence electrons. The lowest BCUT2D eigenvalue weighted by molar-refractivity contribution is -0.264. The van der Waals surface area contributed by atoms with E-state index in [1.54, 1.807) is 40.1 Å². The lowest BCUT2D eigenvalue weighted by Crippen LogP contribution is -2.61. The largest absolute Gasteiger partial charge is 0.491 e. The lowest BCUT2D eigenvalue weighted by Gasteiger charge is -2.45. The van der Waals surface area contributed by atoms with Crippen LogP contribution in [0.5, 0.6) is 5.75 Å². The molecule has 2 aliphatic rings. The van der Waals surface area contributed by atoms with Crippen molar-refractivity contribution in [1.82, 2.24) is 14.8 Å². The van der Waals surface area contributed by atoms with Gasteiger partial charge in [0.25, 0.3) is 17.4 Å². The molecule has 2 fully saturated rings. The van der Waals surface area contributed by atoms with Crippen molar-refractivity contribution < 1.29 is 32.6 Å². The molecular weight excluding hydrogens is 561 g/mol. The molecule has 2 saturated heterocycles. The molecule has 0 unspecified atom stereocenters. The van der Waals surface area contributed by atoms with Gasteiger partial charge in [-0.2, -0.15) is 13.2 Å². The first kappa shape index (κ1) is 30.9. The predicted octanol–water partition coefficient (Wildman–Crippen LogP) is 4.74. The van der Waals surface area contributed by atoms with Gasteiger partial charge in [-0.15, -0.1) is 0 Å². The van der Waals surface area contributed by atoms with Crippen molar-refractivity contribution >= 4 is 29.2 Å². The van der Waals surface area contributed by atoms with Gasteiger partial charge in [0.1, 0.15) is 16.7 Å². The zero-order valence-electron chi connectivity index (χ0n) is 23.6. The van der Waals surface area contributed by atoms with Gasteiger partial charge in [0.05, 0.1) is 11.7 Å². The fraction of sp³-hybridized carbons (Fsp3) is 0.552. The first-order valence-electron chi connectivity index (χ1n) is 13.7. The molecule has 2 aromatic rings. The molecule has 41 heavy (non-hydrogen) atoms. The van der Waals surface area contributed by atoms with E-state index in [-0.39, 0.29) is 41.9 Å². The highest BCUT2D eigenvalue weighted by molar-refractivity contribution is 6.32. The van der Waals surface area contributed by atoms with E-state index in [1.807, 2.05) is 0 Å². The Balaban J connectivity index is 1.32. The molecule has 1 N–H and O–H groups in total. The second kappa shape index (κ2) is 12.1. The average molecular weight is 597 g/mol. The number of aliphatic hydroxyl groups is 1. The van der Waals surface area contributed by atoms with Crippen molar-refractivity contribution in [3.63, 3.8) is 0 Å². The SMILES string of the molecule is CC(C)Oc1cccc([C@](O)(C(=O)N2CC(CC3CCN(c4ccc(C(=O)N(C)C)c(Cl)n4)CC3)C2)C(F)(F)F)c1. The highest BCUT2D eigenvalue weighted by atomic mass is 35.5. The summed E-state index contributed by atoms with van der Waals surface area (Å²) in [7, 11) is 3.29. The third-order valence-electron chi connectivity index (χ3n) is 7.66. The summed E-state index contributed by atoms with van der Waals surface area (Å²) < 4.78 is 47.9. The van der Waals surface area contributed by atoms with Crippen molar-refractivity contribution in [1.29, 1.82) is 0 Å². The summed E-state index contributed by atoms with van der Waals surface area (Å²) in [5, 5.41) is 11.0. The number of hydrogen-bond acceptors (Lipinski definition) is 6. The molecule has 2 amide bonds. The number of anilines is 1. The molecule has 3 heterocycles. The summed E-state index contributed by atoms with van der Waals surface area (Å²) in [6.07, 6.45) is -2.98.